The van der Waals surface area contributed by atoms with Crippen LogP contribution in [0.2, 0.25) is 0 Å². The van der Waals surface area contributed by atoms with E-state index < -0.39 is 14.0 Å². The molecule has 0 saturated carbocycles. The van der Waals surface area contributed by atoms with Crippen LogP contribution in [0.3, 0.4) is 0 Å². The van der Waals surface area contributed by atoms with Crippen LogP contribution in [0.15, 0.2) is 36.4 Å². The van der Waals surface area contributed by atoms with Crippen molar-refractivity contribution in [3.63, 3.8) is 0 Å². The maximum atomic E-state index is 11.6. The summed E-state index contributed by atoms with van der Waals surface area (Å²) in [6, 6.07) is 13.5. The topological polar surface area (TPSA) is 49.7 Å². The van der Waals surface area contributed by atoms with Crippen LogP contribution in [-0.2, 0) is 26.2 Å². The van der Waals surface area contributed by atoms with Crippen LogP contribution in [-0.4, -0.2) is 15.9 Å². The Balaban J connectivity index is 2.16. The third-order valence-corrected chi connectivity index (χ3v) is 12.0. The lowest BCUT2D eigenvalue weighted by atomic mass is 9.74. The Bertz CT molecular complexity index is 1210. The predicted molar refractivity (Wildman–Crippen MR) is 226 cm³/mol. The summed E-state index contributed by atoms with van der Waals surface area (Å²) in [5.41, 5.74) is 6.68. The molecule has 51 heavy (non-hydrogen) atoms. The fourth-order valence-electron chi connectivity index (χ4n) is 7.17. The van der Waals surface area contributed by atoms with Gasteiger partial charge in [0.1, 0.15) is 6.16 Å². The normalized spacial score (nSPS) is 13.4. The largest absolute Gasteiger partial charge is 0.407 e. The molecular formula is C47H82O3P+. The summed E-state index contributed by atoms with van der Waals surface area (Å²) in [7, 11) is -3.65. The number of hydrogen-bond donors (Lipinski definition) is 2. The monoisotopic (exact) mass is 726 g/mol. The Morgan fingerprint density at radius 3 is 1.08 bits per heavy atom. The quantitative estimate of drug-likeness (QED) is 0.0995. The minimum absolute atomic E-state index is 0.00222. The van der Waals surface area contributed by atoms with Gasteiger partial charge in [0.25, 0.3) is 0 Å². The van der Waals surface area contributed by atoms with Gasteiger partial charge in [-0.05, 0) is 67.9 Å². The Hall–Kier alpha value is -1.25. The zero-order valence-electron chi connectivity index (χ0n) is 35.8. The number of unbranched alkanes of at least 4 members (excludes halogenated alkanes) is 15. The van der Waals surface area contributed by atoms with Gasteiger partial charge in [0.2, 0.25) is 0 Å². The van der Waals surface area contributed by atoms with E-state index in [1.807, 2.05) is 0 Å². The lowest BCUT2D eigenvalue weighted by Crippen LogP contribution is -2.24. The van der Waals surface area contributed by atoms with Gasteiger partial charge in [-0.25, -0.2) is 0 Å². The van der Waals surface area contributed by atoms with E-state index >= 15 is 0 Å². The molecule has 0 fully saturated rings. The highest BCUT2D eigenvalue weighted by Crippen LogP contribution is 2.58. The molecule has 0 spiro atoms. The van der Waals surface area contributed by atoms with Gasteiger partial charge in [0.05, 0.1) is 0 Å². The molecule has 0 atom stereocenters. The van der Waals surface area contributed by atoms with Crippen LogP contribution in [0.25, 0.3) is 0 Å². The summed E-state index contributed by atoms with van der Waals surface area (Å²) in [6.07, 6.45) is 20.4. The number of hydrogen-bond acceptors (Lipinski definition) is 3. The van der Waals surface area contributed by atoms with Gasteiger partial charge >= 0.3 is 7.94 Å². The average molecular weight is 726 g/mol. The summed E-state index contributed by atoms with van der Waals surface area (Å²) in [5.74, 6) is 0. The van der Waals surface area contributed by atoms with Gasteiger partial charge in [-0.15, -0.1) is 0 Å². The molecule has 0 aliphatic rings. The van der Waals surface area contributed by atoms with Gasteiger partial charge in [0.15, 0.2) is 6.10 Å². The Labute approximate surface area is 317 Å². The van der Waals surface area contributed by atoms with Gasteiger partial charge < -0.3 is 0 Å². The Kier molecular flexibility index (Phi) is 18.4. The van der Waals surface area contributed by atoms with Crippen LogP contribution in [0.4, 0.5) is 0 Å². The smallest absolute Gasteiger partial charge is 0.193 e. The first kappa shape index (κ1) is 45.9. The molecule has 0 aliphatic carbocycles. The third kappa shape index (κ3) is 16.3. The van der Waals surface area contributed by atoms with Crippen LogP contribution in [0.1, 0.15) is 232 Å². The van der Waals surface area contributed by atoms with E-state index in [4.69, 9.17) is 4.52 Å². The number of benzene rings is 2. The predicted octanol–water partition coefficient (Wildman–Crippen LogP) is 15.0. The molecular weight excluding hydrogens is 643 g/mol. The average Bonchev–Trinajstić information content (AvgIpc) is 3.01. The highest BCUT2D eigenvalue weighted by atomic mass is 31.2. The van der Waals surface area contributed by atoms with E-state index in [0.717, 1.165) is 30.4 Å². The van der Waals surface area contributed by atoms with Crippen molar-refractivity contribution in [2.75, 3.05) is 6.16 Å². The molecule has 4 heteroatoms. The molecule has 2 N–H and O–H groups in total. The molecule has 0 radical (unpaired) electrons. The second-order valence-electron chi connectivity index (χ2n) is 19.8. The van der Waals surface area contributed by atoms with E-state index in [0.29, 0.717) is 6.16 Å². The first-order valence-electron chi connectivity index (χ1n) is 20.9. The van der Waals surface area contributed by atoms with Crippen molar-refractivity contribution in [1.82, 2.24) is 0 Å². The summed E-state index contributed by atoms with van der Waals surface area (Å²) in [4.78, 5) is 23.2. The summed E-state index contributed by atoms with van der Waals surface area (Å²) in [5, 5.41) is 0. The first-order valence-corrected chi connectivity index (χ1v) is 22.7. The second kappa shape index (κ2) is 20.4. The fraction of sp³-hybridized carbons (Fsp3) is 0.745. The first-order chi connectivity index (χ1) is 23.6. The maximum Gasteiger partial charge on any atom is 0.407 e. The van der Waals surface area contributed by atoms with Crippen LogP contribution in [0, 0.1) is 0 Å². The fourth-order valence-corrected chi connectivity index (χ4v) is 8.48. The highest BCUT2D eigenvalue weighted by molar-refractivity contribution is 7.59. The molecule has 0 unspecified atom stereocenters. The molecule has 2 aromatic rings. The Morgan fingerprint density at radius 1 is 0.471 bits per heavy atom. The van der Waals surface area contributed by atoms with Crippen LogP contribution < -0.4 is 0 Å². The number of rotatable bonds is 21. The minimum atomic E-state index is -3.65. The van der Waals surface area contributed by atoms with E-state index in [2.05, 4.69) is 126 Å². The molecule has 2 aromatic carbocycles. The van der Waals surface area contributed by atoms with Crippen molar-refractivity contribution < 1.29 is 14.3 Å². The van der Waals surface area contributed by atoms with Crippen molar-refractivity contribution >= 4 is 7.94 Å². The zero-order valence-corrected chi connectivity index (χ0v) is 36.7. The van der Waals surface area contributed by atoms with Crippen molar-refractivity contribution in [3.8, 4) is 0 Å². The van der Waals surface area contributed by atoms with Gasteiger partial charge in [0, 0.05) is 0 Å². The maximum absolute atomic E-state index is 11.6. The van der Waals surface area contributed by atoms with Gasteiger partial charge in [-0.3, -0.25) is 0 Å². The molecule has 2 rings (SSSR count). The van der Waals surface area contributed by atoms with Crippen LogP contribution in [0.5, 0.6) is 0 Å². The molecule has 292 valence electrons. The lowest BCUT2D eigenvalue weighted by molar-refractivity contribution is 0.178. The van der Waals surface area contributed by atoms with Gasteiger partial charge in [-0.2, -0.15) is 14.3 Å². The van der Waals surface area contributed by atoms with E-state index in [-0.39, 0.29) is 21.7 Å². The summed E-state index contributed by atoms with van der Waals surface area (Å²) < 4.78 is 6.68. The standard InChI is InChI=1S/C47H82O3P/c1-14-15-16-17-18-19-20-21-22-23-24-25-26-27-28-29-34-51(48,49)50-43(39-32-30-37(44(2,3)4)35-41(39)46(8,9)10)40-33-31-38(45(5,6)7)36-42(40)47(11,12)13/h30-33,35-36,43,48-49H,14-29,34H2,1-13H3/q+1. The second-order valence-corrected chi connectivity index (χ2v) is 21.8. The molecule has 0 amide bonds. The molecule has 0 aliphatic heterocycles. The van der Waals surface area contributed by atoms with Crippen molar-refractivity contribution in [1.29, 1.82) is 0 Å². The van der Waals surface area contributed by atoms with Gasteiger partial charge in [-0.1, -0.05) is 216 Å². The molecule has 0 heterocycles. The van der Waals surface area contributed by atoms with E-state index in [1.54, 1.807) is 0 Å². The minimum Gasteiger partial charge on any atom is -0.193 e. The van der Waals surface area contributed by atoms with Crippen LogP contribution >= 0.6 is 7.94 Å². The molecule has 0 bridgehead atoms. The molecule has 3 nitrogen and oxygen atoms in total. The van der Waals surface area contributed by atoms with E-state index in [9.17, 15) is 9.79 Å². The summed E-state index contributed by atoms with van der Waals surface area (Å²) >= 11 is 0. The lowest BCUT2D eigenvalue weighted by Gasteiger charge is -2.33. The zero-order chi connectivity index (χ0) is 38.5. The van der Waals surface area contributed by atoms with Crippen molar-refractivity contribution in [2.24, 2.45) is 0 Å². The van der Waals surface area contributed by atoms with Crippen molar-refractivity contribution in [2.45, 2.75) is 221 Å². The van der Waals surface area contributed by atoms with Crippen molar-refractivity contribution in [3.05, 3.63) is 69.8 Å². The van der Waals surface area contributed by atoms with E-state index in [1.165, 1.54) is 106 Å². The molecule has 0 saturated heterocycles. The molecule has 0 aromatic heterocycles. The third-order valence-electron chi connectivity index (χ3n) is 10.6. The summed E-state index contributed by atoms with van der Waals surface area (Å²) in [6.45, 7) is 29.3. The highest BCUT2D eigenvalue weighted by Gasteiger charge is 2.43. The SMILES string of the molecule is CCCCCCCCCCCCCCCCCC[P+](O)(O)OC(c1ccc(C(C)(C)C)cc1C(C)(C)C)c1ccc(C(C)(C)C)cc1C(C)(C)C. The Morgan fingerprint density at radius 2 is 0.784 bits per heavy atom.